The zero-order valence-electron chi connectivity index (χ0n) is 20.9. The number of benzene rings is 2. The number of nitrogens with zero attached hydrogens (tertiary/aromatic N) is 1. The molecule has 1 saturated heterocycles. The van der Waals surface area contributed by atoms with Crippen LogP contribution < -0.4 is 9.47 Å². The first-order chi connectivity index (χ1) is 16.3. The van der Waals surface area contributed by atoms with Gasteiger partial charge in [-0.1, -0.05) is 44.2 Å². The van der Waals surface area contributed by atoms with E-state index < -0.39 is 23.5 Å². The van der Waals surface area contributed by atoms with E-state index in [1.54, 1.807) is 24.8 Å². The van der Waals surface area contributed by atoms with Crippen molar-refractivity contribution in [2.24, 2.45) is 0 Å². The van der Waals surface area contributed by atoms with Gasteiger partial charge in [0.2, 0.25) is 0 Å². The van der Waals surface area contributed by atoms with E-state index in [1.165, 1.54) is 5.56 Å². The van der Waals surface area contributed by atoms with Gasteiger partial charge in [-0.25, -0.2) is 0 Å². The van der Waals surface area contributed by atoms with Gasteiger partial charge in [-0.2, -0.15) is 0 Å². The first-order valence-electron chi connectivity index (χ1n) is 12.0. The molecule has 0 aliphatic carbocycles. The number of carbonyl (C=O) groups excluding carboxylic acids is 1. The Morgan fingerprint density at radius 1 is 1.09 bits per heavy atom. The summed E-state index contributed by atoms with van der Waals surface area (Å²) in [4.78, 5) is 13.3. The molecule has 6 nitrogen and oxygen atoms in total. The minimum Gasteiger partial charge on any atom is -0.598 e. The molecule has 0 radical (unpaired) electrons. The van der Waals surface area contributed by atoms with E-state index >= 15 is 0 Å². The van der Waals surface area contributed by atoms with Crippen molar-refractivity contribution in [2.45, 2.75) is 64.0 Å². The van der Waals surface area contributed by atoms with Gasteiger partial charge in [0.25, 0.3) is 0 Å². The predicted octanol–water partition coefficient (Wildman–Crippen LogP) is 5.19. The summed E-state index contributed by atoms with van der Waals surface area (Å²) in [6, 6.07) is 13.7. The van der Waals surface area contributed by atoms with Crippen molar-refractivity contribution in [1.29, 1.82) is 0 Å². The van der Waals surface area contributed by atoms with Crippen LogP contribution in [0.3, 0.4) is 0 Å². The number of ether oxygens (including phenoxy) is 3. The maximum absolute atomic E-state index is 13.3. The molecule has 0 saturated carbocycles. The van der Waals surface area contributed by atoms with Crippen LogP contribution in [0.5, 0.6) is 11.5 Å². The summed E-state index contributed by atoms with van der Waals surface area (Å²) in [5.74, 6) is 1.45. The average molecular weight is 488 g/mol. The second kappa shape index (κ2) is 12.5. The lowest BCUT2D eigenvalue weighted by atomic mass is 9.95. The van der Waals surface area contributed by atoms with Crippen LogP contribution in [0.15, 0.2) is 42.5 Å². The molecule has 3 atom stereocenters. The maximum atomic E-state index is 13.3. The Kier molecular flexibility index (Phi) is 9.68. The van der Waals surface area contributed by atoms with E-state index in [-0.39, 0.29) is 5.97 Å². The highest BCUT2D eigenvalue weighted by atomic mass is 32.2. The number of hydrogen-bond acceptors (Lipinski definition) is 6. The molecule has 0 spiro atoms. The fourth-order valence-electron chi connectivity index (χ4n) is 4.41. The minimum atomic E-state index is -1.21. The van der Waals surface area contributed by atoms with Crippen LogP contribution in [0.4, 0.5) is 0 Å². The van der Waals surface area contributed by atoms with Crippen LogP contribution in [-0.4, -0.2) is 47.9 Å². The van der Waals surface area contributed by atoms with Gasteiger partial charge in [0.1, 0.15) is 12.4 Å². The van der Waals surface area contributed by atoms with Crippen LogP contribution in [-0.2, 0) is 27.3 Å². The van der Waals surface area contributed by atoms with Crippen LogP contribution in [0.1, 0.15) is 68.2 Å². The Hall–Kier alpha value is -2.22. The summed E-state index contributed by atoms with van der Waals surface area (Å²) in [5, 5.41) is 0. The lowest BCUT2D eigenvalue weighted by molar-refractivity contribution is -0.155. The number of carbonyl (C=O) groups is 1. The molecule has 0 amide bonds. The van der Waals surface area contributed by atoms with Crippen molar-refractivity contribution >= 4 is 17.3 Å². The summed E-state index contributed by atoms with van der Waals surface area (Å²) < 4.78 is 30.9. The predicted molar refractivity (Wildman–Crippen MR) is 136 cm³/mol. The fraction of sp³-hybridized carbons (Fsp3) is 0.519. The van der Waals surface area contributed by atoms with E-state index in [9.17, 15) is 9.35 Å². The van der Waals surface area contributed by atoms with Crippen molar-refractivity contribution in [3.63, 3.8) is 0 Å². The van der Waals surface area contributed by atoms with Gasteiger partial charge in [0.15, 0.2) is 17.5 Å². The summed E-state index contributed by atoms with van der Waals surface area (Å²) >= 11 is -1.21. The molecule has 0 N–H and O–H groups in total. The van der Waals surface area contributed by atoms with E-state index in [1.807, 2.05) is 30.3 Å². The molecule has 1 heterocycles. The number of esters is 1. The highest BCUT2D eigenvalue weighted by Gasteiger charge is 2.37. The number of hydrogen-bond donors (Lipinski definition) is 0. The molecule has 2 aromatic rings. The largest absolute Gasteiger partial charge is 0.598 e. The second-order valence-electron chi connectivity index (χ2n) is 9.05. The highest BCUT2D eigenvalue weighted by molar-refractivity contribution is 7.88. The Labute approximate surface area is 206 Å². The summed E-state index contributed by atoms with van der Waals surface area (Å²) in [7, 11) is 3.24. The summed E-state index contributed by atoms with van der Waals surface area (Å²) in [6.45, 7) is 4.96. The fourth-order valence-corrected chi connectivity index (χ4v) is 5.35. The molecule has 1 aliphatic rings. The van der Waals surface area contributed by atoms with Gasteiger partial charge in [0, 0.05) is 17.9 Å². The molecule has 34 heavy (non-hydrogen) atoms. The average Bonchev–Trinajstić information content (AvgIpc) is 2.86. The van der Waals surface area contributed by atoms with E-state index in [0.717, 1.165) is 24.0 Å². The molecular formula is C27H37NO5S. The van der Waals surface area contributed by atoms with Gasteiger partial charge in [0.05, 0.1) is 14.2 Å². The molecule has 186 valence electrons. The van der Waals surface area contributed by atoms with E-state index in [4.69, 9.17) is 14.2 Å². The normalized spacial score (nSPS) is 18.4. The first-order valence-corrected chi connectivity index (χ1v) is 13.5. The lowest BCUT2D eigenvalue weighted by Crippen LogP contribution is -2.48. The molecular weight excluding hydrogens is 450 g/mol. The lowest BCUT2D eigenvalue weighted by Gasteiger charge is -2.33. The minimum absolute atomic E-state index is 0.290. The van der Waals surface area contributed by atoms with E-state index in [2.05, 4.69) is 26.0 Å². The molecule has 0 bridgehead atoms. The van der Waals surface area contributed by atoms with E-state index in [0.29, 0.717) is 43.2 Å². The zero-order chi connectivity index (χ0) is 24.7. The number of methoxy groups -OCH3 is 2. The Morgan fingerprint density at radius 2 is 1.82 bits per heavy atom. The van der Waals surface area contributed by atoms with Gasteiger partial charge in [-0.15, -0.1) is 4.31 Å². The monoisotopic (exact) mass is 487 g/mol. The molecule has 7 heteroatoms. The third-order valence-electron chi connectivity index (χ3n) is 6.41. The van der Waals surface area contributed by atoms with Crippen molar-refractivity contribution in [3.05, 3.63) is 59.2 Å². The van der Waals surface area contributed by atoms with Gasteiger partial charge >= 0.3 is 5.97 Å². The first kappa shape index (κ1) is 26.4. The number of piperidine rings is 1. The zero-order valence-corrected chi connectivity index (χ0v) is 21.7. The Morgan fingerprint density at radius 3 is 2.50 bits per heavy atom. The summed E-state index contributed by atoms with van der Waals surface area (Å²) in [5.41, 5.74) is 3.27. The van der Waals surface area contributed by atoms with Crippen molar-refractivity contribution in [3.8, 4) is 11.5 Å². The molecule has 2 aromatic carbocycles. The molecule has 3 rings (SSSR count). The van der Waals surface area contributed by atoms with Crippen molar-refractivity contribution in [1.82, 2.24) is 4.31 Å². The third-order valence-corrected chi connectivity index (χ3v) is 7.50. The standard InChI is InChI=1S/C27H37NO5S/c1-19(2)21-9-8-10-22(18-21)24(14-12-20-13-15-25(31-3)26(17-20)32-4)33-27(29)23-11-6-7-16-28(23)34(5)30/h8-10,13,15,17-19,23-24H,6-7,11-12,14,16H2,1-5H3. The van der Waals surface area contributed by atoms with Crippen molar-refractivity contribution in [2.75, 3.05) is 27.0 Å². The quantitative estimate of drug-likeness (QED) is 0.339. The Bertz CT molecular complexity index is 948. The maximum Gasteiger partial charge on any atom is 0.328 e. The van der Waals surface area contributed by atoms with Gasteiger partial charge in [-0.05, 0) is 66.8 Å². The molecule has 3 unspecified atom stereocenters. The number of aryl methyl sites for hydroxylation is 1. The van der Waals surface area contributed by atoms with Crippen LogP contribution in [0, 0.1) is 0 Å². The third kappa shape index (κ3) is 6.68. The van der Waals surface area contributed by atoms with Crippen LogP contribution in [0.25, 0.3) is 0 Å². The topological polar surface area (TPSA) is 71.1 Å². The Balaban J connectivity index is 1.82. The SMILES string of the molecule is COc1ccc(CCC(OC(=O)C2CCCCN2[S+](C)[O-])c2cccc(C(C)C)c2)cc1OC. The molecule has 0 aromatic heterocycles. The van der Waals surface area contributed by atoms with Gasteiger partial charge in [-0.3, -0.25) is 4.79 Å². The number of rotatable bonds is 10. The molecule has 1 aliphatic heterocycles. The van der Waals surface area contributed by atoms with Crippen molar-refractivity contribution < 1.29 is 23.6 Å². The smallest absolute Gasteiger partial charge is 0.328 e. The van der Waals surface area contributed by atoms with Crippen LogP contribution in [0.2, 0.25) is 0 Å². The van der Waals surface area contributed by atoms with Crippen LogP contribution >= 0.6 is 0 Å². The molecule has 1 fully saturated rings. The highest BCUT2D eigenvalue weighted by Crippen LogP contribution is 2.32. The van der Waals surface area contributed by atoms with Gasteiger partial charge < -0.3 is 18.8 Å². The second-order valence-corrected chi connectivity index (χ2v) is 10.4. The summed E-state index contributed by atoms with van der Waals surface area (Å²) in [6.07, 6.45) is 5.13.